The molecule has 3 aromatic carbocycles. The van der Waals surface area contributed by atoms with Gasteiger partial charge in [0.25, 0.3) is 11.8 Å². The quantitative estimate of drug-likeness (QED) is 0.684. The number of fused-ring (bicyclic) bond motifs is 3. The lowest BCUT2D eigenvalue weighted by molar-refractivity contribution is -0.129. The molecule has 6 heteroatoms. The predicted octanol–water partition coefficient (Wildman–Crippen LogP) is 4.11. The first-order valence-corrected chi connectivity index (χ1v) is 10.7. The Balaban J connectivity index is 1.64. The summed E-state index contributed by atoms with van der Waals surface area (Å²) in [5.41, 5.74) is 2.08. The Hall–Kier alpha value is -3.93. The lowest BCUT2D eigenvalue weighted by atomic mass is 9.94. The predicted molar refractivity (Wildman–Crippen MR) is 122 cm³/mol. The van der Waals surface area contributed by atoms with Gasteiger partial charge in [0, 0.05) is 25.1 Å². The first-order valence-electron chi connectivity index (χ1n) is 10.7. The van der Waals surface area contributed by atoms with Gasteiger partial charge in [-0.1, -0.05) is 60.2 Å². The topological polar surface area (TPSA) is 69.7 Å². The summed E-state index contributed by atoms with van der Waals surface area (Å²) in [6.45, 7) is 2.19. The normalized spacial score (nSPS) is 19.5. The van der Waals surface area contributed by atoms with E-state index >= 15 is 0 Å². The van der Waals surface area contributed by atoms with Crippen LogP contribution in [0.15, 0.2) is 78.9 Å². The van der Waals surface area contributed by atoms with E-state index in [1.165, 1.54) is 4.90 Å². The number of amides is 3. The van der Waals surface area contributed by atoms with Gasteiger partial charge in [-0.3, -0.25) is 19.3 Å². The van der Waals surface area contributed by atoms with Crippen molar-refractivity contribution in [2.24, 2.45) is 0 Å². The number of nitrogens with zero attached hydrogens (tertiary/aromatic N) is 2. The molecule has 1 saturated heterocycles. The molecule has 1 atom stereocenters. The Morgan fingerprint density at radius 3 is 2.38 bits per heavy atom. The van der Waals surface area contributed by atoms with Crippen molar-refractivity contribution in [2.45, 2.75) is 32.0 Å². The van der Waals surface area contributed by atoms with Gasteiger partial charge >= 0.3 is 0 Å². The van der Waals surface area contributed by atoms with Crippen molar-refractivity contribution in [3.8, 4) is 0 Å². The summed E-state index contributed by atoms with van der Waals surface area (Å²) in [5.74, 6) is -0.803. The number of hydrogen-bond donors (Lipinski definition) is 1. The molecule has 3 amide bonds. The molecule has 2 aliphatic heterocycles. The summed E-state index contributed by atoms with van der Waals surface area (Å²) in [7, 11) is 0. The third-order valence-corrected chi connectivity index (χ3v) is 6.23. The lowest BCUT2D eigenvalue weighted by Crippen LogP contribution is -2.69. The number of carbonyl (C=O) groups excluding carboxylic acids is 3. The highest BCUT2D eigenvalue weighted by Gasteiger charge is 2.60. The van der Waals surface area contributed by atoms with Gasteiger partial charge in [-0.25, -0.2) is 0 Å². The average molecular weight is 425 g/mol. The van der Waals surface area contributed by atoms with Crippen molar-refractivity contribution in [1.29, 1.82) is 0 Å². The molecule has 3 aromatic rings. The van der Waals surface area contributed by atoms with Gasteiger partial charge in [0.05, 0.1) is 11.3 Å². The maximum absolute atomic E-state index is 13.9. The molecule has 0 spiro atoms. The zero-order valence-corrected chi connectivity index (χ0v) is 17.7. The number of nitrogens with one attached hydrogen (secondary N) is 1. The Bertz CT molecular complexity index is 1210. The fourth-order valence-corrected chi connectivity index (χ4v) is 4.64. The molecule has 2 heterocycles. The van der Waals surface area contributed by atoms with Crippen LogP contribution in [-0.4, -0.2) is 28.3 Å². The Kier molecular flexibility index (Phi) is 4.78. The first kappa shape index (κ1) is 20.0. The minimum atomic E-state index is -1.43. The summed E-state index contributed by atoms with van der Waals surface area (Å²) in [4.78, 5) is 43.7. The molecule has 0 unspecified atom stereocenters. The zero-order valence-electron chi connectivity index (χ0n) is 17.7. The Labute approximate surface area is 186 Å². The zero-order chi connectivity index (χ0) is 22.3. The fourth-order valence-electron chi connectivity index (χ4n) is 4.64. The van der Waals surface area contributed by atoms with Crippen molar-refractivity contribution < 1.29 is 14.4 Å². The van der Waals surface area contributed by atoms with Crippen LogP contribution in [0, 0.1) is 6.92 Å². The van der Waals surface area contributed by atoms with E-state index in [-0.39, 0.29) is 37.1 Å². The van der Waals surface area contributed by atoms with Crippen molar-refractivity contribution >= 4 is 29.1 Å². The largest absolute Gasteiger partial charge is 0.322 e. The molecule has 160 valence electrons. The molecular formula is C26H23N3O3. The van der Waals surface area contributed by atoms with Crippen LogP contribution >= 0.6 is 0 Å². The molecule has 0 bridgehead atoms. The van der Waals surface area contributed by atoms with Crippen LogP contribution in [0.5, 0.6) is 0 Å². The van der Waals surface area contributed by atoms with E-state index in [1.54, 1.807) is 29.2 Å². The average Bonchev–Trinajstić information content (AvgIpc) is 3.17. The number of anilines is 2. The molecule has 5 rings (SSSR count). The molecular weight excluding hydrogens is 402 g/mol. The van der Waals surface area contributed by atoms with E-state index in [1.807, 2.05) is 61.5 Å². The van der Waals surface area contributed by atoms with Crippen LogP contribution in [0.4, 0.5) is 11.4 Å². The Morgan fingerprint density at radius 2 is 1.62 bits per heavy atom. The van der Waals surface area contributed by atoms with E-state index < -0.39 is 5.66 Å². The summed E-state index contributed by atoms with van der Waals surface area (Å²) < 4.78 is 0. The summed E-state index contributed by atoms with van der Waals surface area (Å²) >= 11 is 0. The molecule has 0 radical (unpaired) electrons. The van der Waals surface area contributed by atoms with Crippen molar-refractivity contribution in [1.82, 2.24) is 4.90 Å². The first-order chi connectivity index (χ1) is 15.5. The third-order valence-electron chi connectivity index (χ3n) is 6.23. The van der Waals surface area contributed by atoms with Gasteiger partial charge < -0.3 is 10.2 Å². The maximum Gasteiger partial charge on any atom is 0.271 e. The highest BCUT2D eigenvalue weighted by molar-refractivity contribution is 6.18. The highest BCUT2D eigenvalue weighted by atomic mass is 16.2. The number of para-hydroxylation sites is 1. The Morgan fingerprint density at radius 1 is 0.938 bits per heavy atom. The van der Waals surface area contributed by atoms with E-state index in [4.69, 9.17) is 0 Å². The SMILES string of the molecule is Cc1ccc(NC(=O)[C@@]23CCC(=O)N2c2ccccc2C(=O)N3Cc2ccccc2)cc1. The highest BCUT2D eigenvalue weighted by Crippen LogP contribution is 2.45. The number of carbonyl (C=O) groups is 3. The van der Waals surface area contributed by atoms with E-state index in [9.17, 15) is 14.4 Å². The smallest absolute Gasteiger partial charge is 0.271 e. The molecule has 0 saturated carbocycles. The van der Waals surface area contributed by atoms with Gasteiger partial charge in [-0.05, 0) is 36.8 Å². The summed E-state index contributed by atoms with van der Waals surface area (Å²) in [5, 5.41) is 2.96. The number of rotatable bonds is 4. The monoisotopic (exact) mass is 425 g/mol. The van der Waals surface area contributed by atoms with Gasteiger partial charge in [-0.15, -0.1) is 0 Å². The van der Waals surface area contributed by atoms with Crippen LogP contribution in [-0.2, 0) is 16.1 Å². The number of aryl methyl sites for hydroxylation is 1. The van der Waals surface area contributed by atoms with Crippen molar-refractivity contribution in [3.05, 3.63) is 95.6 Å². The number of hydrogen-bond acceptors (Lipinski definition) is 3. The second-order valence-electron chi connectivity index (χ2n) is 8.26. The summed E-state index contributed by atoms with van der Waals surface area (Å²) in [6, 6.07) is 24.0. The minimum Gasteiger partial charge on any atom is -0.322 e. The van der Waals surface area contributed by atoms with Gasteiger partial charge in [-0.2, -0.15) is 0 Å². The van der Waals surface area contributed by atoms with E-state index in [0.29, 0.717) is 16.9 Å². The van der Waals surface area contributed by atoms with E-state index in [0.717, 1.165) is 11.1 Å². The molecule has 1 N–H and O–H groups in total. The fraction of sp³-hybridized carbons (Fsp3) is 0.192. The van der Waals surface area contributed by atoms with Crippen LogP contribution < -0.4 is 10.2 Å². The molecule has 0 aliphatic carbocycles. The van der Waals surface area contributed by atoms with Gasteiger partial charge in [0.1, 0.15) is 0 Å². The van der Waals surface area contributed by atoms with Crippen molar-refractivity contribution in [2.75, 3.05) is 10.2 Å². The molecule has 2 aliphatic rings. The second-order valence-corrected chi connectivity index (χ2v) is 8.26. The molecule has 1 fully saturated rings. The maximum atomic E-state index is 13.9. The van der Waals surface area contributed by atoms with Crippen LogP contribution in [0.3, 0.4) is 0 Å². The lowest BCUT2D eigenvalue weighted by Gasteiger charge is -2.49. The van der Waals surface area contributed by atoms with Crippen LogP contribution in [0.1, 0.15) is 34.3 Å². The molecule has 32 heavy (non-hydrogen) atoms. The molecule has 6 nitrogen and oxygen atoms in total. The van der Waals surface area contributed by atoms with Crippen LogP contribution in [0.2, 0.25) is 0 Å². The van der Waals surface area contributed by atoms with Gasteiger partial charge in [0.15, 0.2) is 0 Å². The summed E-state index contributed by atoms with van der Waals surface area (Å²) in [6.07, 6.45) is 0.421. The van der Waals surface area contributed by atoms with Crippen molar-refractivity contribution in [3.63, 3.8) is 0 Å². The standard InChI is InChI=1S/C26H23N3O3/c1-18-11-13-20(14-12-18)27-25(32)26-16-15-23(30)29(26)22-10-6-5-9-21(22)24(31)28(26)17-19-7-3-2-4-8-19/h2-14H,15-17H2,1H3,(H,27,32)/t26-/m1/s1. The van der Waals surface area contributed by atoms with E-state index in [2.05, 4.69) is 5.32 Å². The molecule has 0 aromatic heterocycles. The van der Waals surface area contributed by atoms with Gasteiger partial charge in [0.2, 0.25) is 11.6 Å². The van der Waals surface area contributed by atoms with Crippen LogP contribution in [0.25, 0.3) is 0 Å². The number of benzene rings is 3. The second kappa shape index (κ2) is 7.64. The minimum absolute atomic E-state index is 0.165. The third kappa shape index (κ3) is 3.07.